The van der Waals surface area contributed by atoms with Crippen molar-refractivity contribution in [2.75, 3.05) is 5.75 Å². The van der Waals surface area contributed by atoms with Crippen LogP contribution in [0.5, 0.6) is 0 Å². The predicted molar refractivity (Wildman–Crippen MR) is 59.5 cm³/mol. The lowest BCUT2D eigenvalue weighted by Gasteiger charge is -1.99. The summed E-state index contributed by atoms with van der Waals surface area (Å²) in [5.74, 6) is 0.0447. The minimum absolute atomic E-state index is 0.223. The summed E-state index contributed by atoms with van der Waals surface area (Å²) in [4.78, 5) is 14.5. The fraction of sp³-hybridized carbons (Fsp3) is 0.333. The van der Waals surface area contributed by atoms with E-state index in [1.807, 2.05) is 18.2 Å². The van der Waals surface area contributed by atoms with Crippen molar-refractivity contribution in [3.05, 3.63) is 22.8 Å². The first-order valence-corrected chi connectivity index (χ1v) is 5.93. The summed E-state index contributed by atoms with van der Waals surface area (Å²) in [6.07, 6.45) is 0.898. The Morgan fingerprint density at radius 2 is 2.36 bits per heavy atom. The SMILES string of the molecule is O=C(O)CCCSc1cccc(Br)n1. The molecule has 0 fully saturated rings. The zero-order valence-electron chi connectivity index (χ0n) is 7.44. The molecular weight excluding hydrogens is 266 g/mol. The highest BCUT2D eigenvalue weighted by molar-refractivity contribution is 9.10. The van der Waals surface area contributed by atoms with E-state index in [0.29, 0.717) is 6.42 Å². The molecule has 1 aromatic heterocycles. The van der Waals surface area contributed by atoms with Crippen molar-refractivity contribution < 1.29 is 9.90 Å². The highest BCUT2D eigenvalue weighted by Crippen LogP contribution is 2.18. The van der Waals surface area contributed by atoms with Crippen LogP contribution in [0.3, 0.4) is 0 Å². The molecule has 0 aliphatic carbocycles. The third-order valence-electron chi connectivity index (χ3n) is 1.47. The van der Waals surface area contributed by atoms with Gasteiger partial charge in [-0.05, 0) is 34.5 Å². The normalized spacial score (nSPS) is 10.1. The van der Waals surface area contributed by atoms with Gasteiger partial charge in [-0.1, -0.05) is 6.07 Å². The van der Waals surface area contributed by atoms with Gasteiger partial charge in [-0.3, -0.25) is 4.79 Å². The fourth-order valence-corrected chi connectivity index (χ4v) is 2.17. The van der Waals surface area contributed by atoms with Crippen LogP contribution in [-0.4, -0.2) is 21.8 Å². The lowest BCUT2D eigenvalue weighted by molar-refractivity contribution is -0.137. The van der Waals surface area contributed by atoms with Gasteiger partial charge in [0.2, 0.25) is 0 Å². The Morgan fingerprint density at radius 1 is 1.57 bits per heavy atom. The molecule has 76 valence electrons. The molecule has 14 heavy (non-hydrogen) atoms. The van der Waals surface area contributed by atoms with Gasteiger partial charge in [0.05, 0.1) is 5.03 Å². The molecule has 0 spiro atoms. The molecule has 1 rings (SSSR count). The molecule has 0 amide bonds. The van der Waals surface area contributed by atoms with E-state index in [0.717, 1.165) is 15.4 Å². The van der Waals surface area contributed by atoms with Crippen molar-refractivity contribution in [1.29, 1.82) is 0 Å². The maximum atomic E-state index is 10.2. The number of hydrogen-bond donors (Lipinski definition) is 1. The molecule has 0 radical (unpaired) electrons. The van der Waals surface area contributed by atoms with E-state index in [1.54, 1.807) is 11.8 Å². The Hall–Kier alpha value is -0.550. The summed E-state index contributed by atoms with van der Waals surface area (Å²) in [6.45, 7) is 0. The van der Waals surface area contributed by atoms with Crippen LogP contribution in [0, 0.1) is 0 Å². The van der Waals surface area contributed by atoms with Gasteiger partial charge in [-0.2, -0.15) is 0 Å². The molecule has 0 aliphatic heterocycles. The minimum Gasteiger partial charge on any atom is -0.481 e. The van der Waals surface area contributed by atoms with E-state index >= 15 is 0 Å². The van der Waals surface area contributed by atoms with Crippen molar-refractivity contribution in [2.45, 2.75) is 17.9 Å². The summed E-state index contributed by atoms with van der Waals surface area (Å²) in [5, 5.41) is 9.34. The van der Waals surface area contributed by atoms with Gasteiger partial charge in [0, 0.05) is 12.2 Å². The maximum absolute atomic E-state index is 10.2. The van der Waals surface area contributed by atoms with E-state index in [4.69, 9.17) is 5.11 Å². The number of nitrogens with zero attached hydrogens (tertiary/aromatic N) is 1. The topological polar surface area (TPSA) is 50.2 Å². The standard InChI is InChI=1S/C9H10BrNO2S/c10-7-3-1-4-8(11-7)14-6-2-5-9(12)13/h1,3-4H,2,5-6H2,(H,12,13). The van der Waals surface area contributed by atoms with E-state index in [-0.39, 0.29) is 6.42 Å². The van der Waals surface area contributed by atoms with Gasteiger partial charge >= 0.3 is 5.97 Å². The Kier molecular flexibility index (Phi) is 4.97. The first-order chi connectivity index (χ1) is 6.68. The molecule has 0 aromatic carbocycles. The Bertz CT molecular complexity index is 319. The van der Waals surface area contributed by atoms with Crippen LogP contribution < -0.4 is 0 Å². The second-order valence-corrected chi connectivity index (χ2v) is 4.57. The summed E-state index contributed by atoms with van der Waals surface area (Å²) < 4.78 is 0.806. The number of carboxylic acids is 1. The molecule has 0 aliphatic rings. The molecule has 5 heteroatoms. The number of carboxylic acid groups (broad SMARTS) is 1. The predicted octanol–water partition coefficient (Wildman–Crippen LogP) is 2.80. The van der Waals surface area contributed by atoms with Crippen LogP contribution in [-0.2, 0) is 4.79 Å². The second-order valence-electron chi connectivity index (χ2n) is 2.64. The van der Waals surface area contributed by atoms with E-state index < -0.39 is 5.97 Å². The van der Waals surface area contributed by atoms with Crippen LogP contribution in [0.4, 0.5) is 0 Å². The number of carbonyl (C=O) groups is 1. The smallest absolute Gasteiger partial charge is 0.303 e. The largest absolute Gasteiger partial charge is 0.481 e. The molecule has 1 heterocycles. The maximum Gasteiger partial charge on any atom is 0.303 e. The lowest BCUT2D eigenvalue weighted by Crippen LogP contribution is -1.95. The monoisotopic (exact) mass is 275 g/mol. The van der Waals surface area contributed by atoms with Crippen molar-refractivity contribution in [1.82, 2.24) is 4.98 Å². The lowest BCUT2D eigenvalue weighted by atomic mass is 10.3. The zero-order valence-corrected chi connectivity index (χ0v) is 9.84. The van der Waals surface area contributed by atoms with Gasteiger partial charge < -0.3 is 5.11 Å². The first kappa shape index (κ1) is 11.5. The minimum atomic E-state index is -0.743. The number of halogens is 1. The van der Waals surface area contributed by atoms with Crippen LogP contribution >= 0.6 is 27.7 Å². The quantitative estimate of drug-likeness (QED) is 0.510. The summed E-state index contributed by atoms with van der Waals surface area (Å²) in [5.41, 5.74) is 0. The number of hydrogen-bond acceptors (Lipinski definition) is 3. The number of rotatable bonds is 5. The average molecular weight is 276 g/mol. The number of aliphatic carboxylic acids is 1. The molecule has 1 aromatic rings. The number of aromatic nitrogens is 1. The summed E-state index contributed by atoms with van der Waals surface area (Å²) in [7, 11) is 0. The molecule has 0 unspecified atom stereocenters. The molecule has 0 atom stereocenters. The first-order valence-electron chi connectivity index (χ1n) is 4.15. The van der Waals surface area contributed by atoms with Crippen LogP contribution in [0.25, 0.3) is 0 Å². The van der Waals surface area contributed by atoms with E-state index in [9.17, 15) is 4.79 Å². The van der Waals surface area contributed by atoms with Crippen molar-refractivity contribution >= 4 is 33.7 Å². The number of thioether (sulfide) groups is 1. The van der Waals surface area contributed by atoms with Crippen molar-refractivity contribution in [3.8, 4) is 0 Å². The third-order valence-corrected chi connectivity index (χ3v) is 2.93. The zero-order chi connectivity index (χ0) is 10.4. The summed E-state index contributed by atoms with van der Waals surface area (Å²) in [6, 6.07) is 5.69. The number of pyridine rings is 1. The van der Waals surface area contributed by atoms with Crippen molar-refractivity contribution in [3.63, 3.8) is 0 Å². The second kappa shape index (κ2) is 6.03. The van der Waals surface area contributed by atoms with Gasteiger partial charge in [0.1, 0.15) is 4.60 Å². The molecule has 0 bridgehead atoms. The molecule has 0 saturated heterocycles. The van der Waals surface area contributed by atoms with Gasteiger partial charge in [0.25, 0.3) is 0 Å². The van der Waals surface area contributed by atoms with Gasteiger partial charge in [-0.25, -0.2) is 4.98 Å². The third kappa shape index (κ3) is 4.62. The highest BCUT2D eigenvalue weighted by atomic mass is 79.9. The fourth-order valence-electron chi connectivity index (χ4n) is 0.870. The highest BCUT2D eigenvalue weighted by Gasteiger charge is 1.99. The Morgan fingerprint density at radius 3 is 3.00 bits per heavy atom. The van der Waals surface area contributed by atoms with Gasteiger partial charge in [-0.15, -0.1) is 11.8 Å². The molecule has 3 nitrogen and oxygen atoms in total. The Labute approximate surface area is 95.1 Å². The van der Waals surface area contributed by atoms with Crippen molar-refractivity contribution in [2.24, 2.45) is 0 Å². The van der Waals surface area contributed by atoms with Crippen LogP contribution in [0.2, 0.25) is 0 Å². The van der Waals surface area contributed by atoms with E-state index in [2.05, 4.69) is 20.9 Å². The molecular formula is C9H10BrNO2S. The summed E-state index contributed by atoms with van der Waals surface area (Å²) >= 11 is 4.85. The average Bonchev–Trinajstić information content (AvgIpc) is 2.12. The molecule has 0 saturated carbocycles. The van der Waals surface area contributed by atoms with E-state index in [1.165, 1.54) is 0 Å². The molecule has 1 N–H and O–H groups in total. The Balaban J connectivity index is 2.28. The van der Waals surface area contributed by atoms with Gasteiger partial charge in [0.15, 0.2) is 0 Å². The van der Waals surface area contributed by atoms with Crippen LogP contribution in [0.15, 0.2) is 27.8 Å². The van der Waals surface area contributed by atoms with Crippen LogP contribution in [0.1, 0.15) is 12.8 Å².